The first-order valence-corrected chi connectivity index (χ1v) is 12.5. The molecule has 0 aliphatic heterocycles. The second-order valence-corrected chi connectivity index (χ2v) is 8.89. The molecule has 0 saturated carbocycles. The second-order valence-electron chi connectivity index (χ2n) is 8.89. The first-order valence-electron chi connectivity index (χ1n) is 12.5. The zero-order valence-electron chi connectivity index (χ0n) is 20.1. The Morgan fingerprint density at radius 3 is 1.55 bits per heavy atom. The Labute approximate surface area is 190 Å². The molecule has 0 unspecified atom stereocenters. The number of benzene rings is 1. The van der Waals surface area contributed by atoms with E-state index >= 15 is 0 Å². The summed E-state index contributed by atoms with van der Waals surface area (Å²) in [4.78, 5) is 24.6. The largest absolute Gasteiger partial charge is 0.462 e. The molecule has 0 bridgehead atoms. The van der Waals surface area contributed by atoms with Gasteiger partial charge in [-0.25, -0.2) is 9.59 Å². The fourth-order valence-electron chi connectivity index (χ4n) is 3.54. The SMILES string of the molecule is CCCCOC(=O)c1ccccc1C(=O)OCCCCCCCCCCCCC(C)C. The quantitative estimate of drug-likeness (QED) is 0.176. The van der Waals surface area contributed by atoms with Crippen molar-refractivity contribution in [3.05, 3.63) is 35.4 Å². The lowest BCUT2D eigenvalue weighted by atomic mass is 10.0. The number of carbonyl (C=O) groups is 2. The molecule has 0 aromatic heterocycles. The van der Waals surface area contributed by atoms with Gasteiger partial charge in [0.05, 0.1) is 24.3 Å². The molecule has 0 aliphatic carbocycles. The topological polar surface area (TPSA) is 52.6 Å². The third-order valence-electron chi connectivity index (χ3n) is 5.51. The third-order valence-corrected chi connectivity index (χ3v) is 5.51. The molecule has 4 heteroatoms. The minimum absolute atomic E-state index is 0.285. The maximum absolute atomic E-state index is 12.4. The van der Waals surface area contributed by atoms with Crippen LogP contribution in [-0.2, 0) is 9.47 Å². The second kappa shape index (κ2) is 17.8. The molecular weight excluding hydrogens is 388 g/mol. The number of esters is 2. The van der Waals surface area contributed by atoms with Crippen LogP contribution in [0, 0.1) is 5.92 Å². The van der Waals surface area contributed by atoms with Crippen LogP contribution in [0.2, 0.25) is 0 Å². The van der Waals surface area contributed by atoms with Crippen molar-refractivity contribution in [1.82, 2.24) is 0 Å². The summed E-state index contributed by atoms with van der Waals surface area (Å²) in [6, 6.07) is 6.72. The maximum Gasteiger partial charge on any atom is 0.339 e. The molecule has 0 spiro atoms. The Morgan fingerprint density at radius 2 is 1.10 bits per heavy atom. The van der Waals surface area contributed by atoms with Gasteiger partial charge in [-0.15, -0.1) is 0 Å². The third kappa shape index (κ3) is 13.2. The number of hydrogen-bond acceptors (Lipinski definition) is 4. The molecule has 0 atom stereocenters. The fourth-order valence-corrected chi connectivity index (χ4v) is 3.54. The molecule has 0 saturated heterocycles. The predicted molar refractivity (Wildman–Crippen MR) is 128 cm³/mol. The highest BCUT2D eigenvalue weighted by atomic mass is 16.5. The van der Waals surface area contributed by atoms with E-state index in [2.05, 4.69) is 13.8 Å². The van der Waals surface area contributed by atoms with Crippen LogP contribution < -0.4 is 0 Å². The zero-order valence-corrected chi connectivity index (χ0v) is 20.1. The number of unbranched alkanes of at least 4 members (excludes halogenated alkanes) is 10. The van der Waals surface area contributed by atoms with Gasteiger partial charge < -0.3 is 9.47 Å². The van der Waals surface area contributed by atoms with Gasteiger partial charge in [0, 0.05) is 0 Å². The summed E-state index contributed by atoms with van der Waals surface area (Å²) in [6.45, 7) is 7.40. The molecule has 176 valence electrons. The highest BCUT2D eigenvalue weighted by Crippen LogP contribution is 2.15. The van der Waals surface area contributed by atoms with E-state index in [1.807, 2.05) is 6.92 Å². The molecule has 4 nitrogen and oxygen atoms in total. The predicted octanol–water partition coefficient (Wildman–Crippen LogP) is 7.75. The van der Waals surface area contributed by atoms with Crippen molar-refractivity contribution in [1.29, 1.82) is 0 Å². The summed E-state index contributed by atoms with van der Waals surface area (Å²) >= 11 is 0. The first kappa shape index (κ1) is 27.2. The van der Waals surface area contributed by atoms with Gasteiger partial charge in [-0.2, -0.15) is 0 Å². The van der Waals surface area contributed by atoms with Crippen LogP contribution in [0.1, 0.15) is 125 Å². The summed E-state index contributed by atoms with van der Waals surface area (Å²) in [6.07, 6.45) is 15.6. The van der Waals surface area contributed by atoms with E-state index in [9.17, 15) is 9.59 Å². The monoisotopic (exact) mass is 432 g/mol. The van der Waals surface area contributed by atoms with E-state index < -0.39 is 11.9 Å². The highest BCUT2D eigenvalue weighted by molar-refractivity contribution is 6.03. The molecule has 1 rings (SSSR count). The number of ether oxygens (including phenoxy) is 2. The van der Waals surface area contributed by atoms with Crippen molar-refractivity contribution in [2.75, 3.05) is 13.2 Å². The van der Waals surface area contributed by atoms with Gasteiger partial charge in [0.2, 0.25) is 0 Å². The Morgan fingerprint density at radius 1 is 0.677 bits per heavy atom. The summed E-state index contributed by atoms with van der Waals surface area (Å²) in [5.41, 5.74) is 0.574. The Balaban J connectivity index is 2.11. The lowest BCUT2D eigenvalue weighted by molar-refractivity contribution is 0.0451. The molecule has 0 amide bonds. The van der Waals surface area contributed by atoms with Crippen molar-refractivity contribution >= 4 is 11.9 Å². The molecule has 0 N–H and O–H groups in total. The van der Waals surface area contributed by atoms with Crippen LogP contribution in [0.4, 0.5) is 0 Å². The van der Waals surface area contributed by atoms with Crippen molar-refractivity contribution < 1.29 is 19.1 Å². The van der Waals surface area contributed by atoms with E-state index in [0.29, 0.717) is 13.2 Å². The highest BCUT2D eigenvalue weighted by Gasteiger charge is 2.18. The standard InChI is InChI=1S/C27H44O4/c1-4-5-21-30-26(28)24-19-15-16-20-25(24)27(29)31-22-17-13-11-9-7-6-8-10-12-14-18-23(2)3/h15-16,19-20,23H,4-14,17-18,21-22H2,1-3H3. The van der Waals surface area contributed by atoms with Gasteiger partial charge in [0.25, 0.3) is 0 Å². The Bertz CT molecular complexity index is 609. The van der Waals surface area contributed by atoms with E-state index in [4.69, 9.17) is 9.47 Å². The van der Waals surface area contributed by atoms with Gasteiger partial charge in [-0.05, 0) is 30.9 Å². The average Bonchev–Trinajstić information content (AvgIpc) is 2.76. The van der Waals surface area contributed by atoms with Gasteiger partial charge >= 0.3 is 11.9 Å². The molecule has 0 aliphatic rings. The van der Waals surface area contributed by atoms with Crippen molar-refractivity contribution in [3.63, 3.8) is 0 Å². The number of rotatable bonds is 18. The van der Waals surface area contributed by atoms with Crippen molar-refractivity contribution in [2.45, 2.75) is 104 Å². The summed E-state index contributed by atoms with van der Waals surface area (Å²) in [7, 11) is 0. The summed E-state index contributed by atoms with van der Waals surface area (Å²) in [5.74, 6) is -0.0671. The van der Waals surface area contributed by atoms with Gasteiger partial charge in [-0.3, -0.25) is 0 Å². The smallest absolute Gasteiger partial charge is 0.339 e. The van der Waals surface area contributed by atoms with Crippen LogP contribution in [0.15, 0.2) is 24.3 Å². The molecule has 0 heterocycles. The Hall–Kier alpha value is -1.84. The van der Waals surface area contributed by atoms with E-state index in [1.54, 1.807) is 24.3 Å². The summed E-state index contributed by atoms with van der Waals surface area (Å²) < 4.78 is 10.6. The van der Waals surface area contributed by atoms with E-state index in [-0.39, 0.29) is 11.1 Å². The molecule has 1 aromatic carbocycles. The van der Waals surface area contributed by atoms with Gasteiger partial charge in [0.15, 0.2) is 0 Å². The van der Waals surface area contributed by atoms with Crippen LogP contribution >= 0.6 is 0 Å². The van der Waals surface area contributed by atoms with Crippen LogP contribution in [0.3, 0.4) is 0 Å². The van der Waals surface area contributed by atoms with Gasteiger partial charge in [-0.1, -0.05) is 104 Å². The lowest BCUT2D eigenvalue weighted by Gasteiger charge is -2.09. The van der Waals surface area contributed by atoms with Crippen LogP contribution in [0.5, 0.6) is 0 Å². The van der Waals surface area contributed by atoms with Crippen molar-refractivity contribution in [3.8, 4) is 0 Å². The number of carbonyl (C=O) groups excluding carboxylic acids is 2. The molecule has 0 radical (unpaired) electrons. The lowest BCUT2D eigenvalue weighted by Crippen LogP contribution is -2.15. The maximum atomic E-state index is 12.4. The number of hydrogen-bond donors (Lipinski definition) is 0. The zero-order chi connectivity index (χ0) is 22.7. The minimum atomic E-state index is -0.457. The molecule has 1 aromatic rings. The van der Waals surface area contributed by atoms with Crippen LogP contribution in [-0.4, -0.2) is 25.2 Å². The summed E-state index contributed by atoms with van der Waals surface area (Å²) in [5, 5.41) is 0. The first-order chi connectivity index (χ1) is 15.1. The molecular formula is C27H44O4. The van der Waals surface area contributed by atoms with Crippen molar-refractivity contribution in [2.24, 2.45) is 5.92 Å². The van der Waals surface area contributed by atoms with Gasteiger partial charge in [0.1, 0.15) is 0 Å². The molecule has 0 fully saturated rings. The minimum Gasteiger partial charge on any atom is -0.462 e. The van der Waals surface area contributed by atoms with E-state index in [0.717, 1.165) is 31.6 Å². The van der Waals surface area contributed by atoms with E-state index in [1.165, 1.54) is 57.8 Å². The van der Waals surface area contributed by atoms with Crippen LogP contribution in [0.25, 0.3) is 0 Å². The average molecular weight is 433 g/mol. The molecule has 31 heavy (non-hydrogen) atoms. The Kier molecular flexibility index (Phi) is 15.6. The fraction of sp³-hybridized carbons (Fsp3) is 0.704. The normalized spacial score (nSPS) is 11.0.